The second kappa shape index (κ2) is 8.62. The highest BCUT2D eigenvalue weighted by atomic mass is 16.4. The van der Waals surface area contributed by atoms with Gasteiger partial charge in [0.2, 0.25) is 17.8 Å². The standard InChI is InChI=1S/C15H26N6O3/c1-9(2)17-14-19-13(16-7-8-22)20-15(21-14)18-11-5-3-10(4-6-11)12(23)24/h9-11,22H,3-8H2,1-2H3,(H,23,24)(H3,16,17,18,19,20,21). The van der Waals surface area contributed by atoms with Crippen LogP contribution in [-0.2, 0) is 4.79 Å². The van der Waals surface area contributed by atoms with Gasteiger partial charge in [-0.1, -0.05) is 0 Å². The Kier molecular flexibility index (Phi) is 6.53. The molecule has 1 heterocycles. The number of aliphatic carboxylic acids is 1. The number of hydrogen-bond donors (Lipinski definition) is 5. The molecule has 1 aliphatic carbocycles. The molecule has 134 valence electrons. The van der Waals surface area contributed by atoms with Crippen molar-refractivity contribution >= 4 is 23.8 Å². The molecule has 0 spiro atoms. The van der Waals surface area contributed by atoms with Gasteiger partial charge in [-0.25, -0.2) is 0 Å². The number of aromatic nitrogens is 3. The molecule has 0 bridgehead atoms. The maximum atomic E-state index is 11.0. The van der Waals surface area contributed by atoms with Gasteiger partial charge in [0.05, 0.1) is 12.5 Å². The molecule has 0 atom stereocenters. The van der Waals surface area contributed by atoms with Gasteiger partial charge < -0.3 is 26.2 Å². The van der Waals surface area contributed by atoms with E-state index in [4.69, 9.17) is 10.2 Å². The summed E-state index contributed by atoms with van der Waals surface area (Å²) < 4.78 is 0. The highest BCUT2D eigenvalue weighted by Gasteiger charge is 2.26. The van der Waals surface area contributed by atoms with E-state index in [2.05, 4.69) is 30.9 Å². The molecule has 0 aliphatic heterocycles. The average molecular weight is 338 g/mol. The second-order valence-corrected chi connectivity index (χ2v) is 6.29. The van der Waals surface area contributed by atoms with Crippen LogP contribution in [0.5, 0.6) is 0 Å². The molecule has 2 rings (SSSR count). The van der Waals surface area contributed by atoms with Crippen LogP contribution in [0.1, 0.15) is 39.5 Å². The number of aliphatic hydroxyl groups is 1. The molecule has 1 aliphatic rings. The third kappa shape index (κ3) is 5.48. The Balaban J connectivity index is 2.03. The predicted octanol–water partition coefficient (Wildman–Crippen LogP) is 1.15. The Morgan fingerprint density at radius 3 is 2.33 bits per heavy atom. The van der Waals surface area contributed by atoms with Gasteiger partial charge in [-0.05, 0) is 39.5 Å². The van der Waals surface area contributed by atoms with Crippen LogP contribution in [0.2, 0.25) is 0 Å². The average Bonchev–Trinajstić information content (AvgIpc) is 2.52. The van der Waals surface area contributed by atoms with Crippen molar-refractivity contribution in [3.05, 3.63) is 0 Å². The third-order valence-corrected chi connectivity index (χ3v) is 3.86. The lowest BCUT2D eigenvalue weighted by Crippen LogP contribution is -2.30. The lowest BCUT2D eigenvalue weighted by atomic mass is 9.86. The van der Waals surface area contributed by atoms with Crippen molar-refractivity contribution in [2.75, 3.05) is 29.1 Å². The summed E-state index contributed by atoms with van der Waals surface area (Å²) in [6, 6.07) is 0.331. The number of rotatable bonds is 8. The summed E-state index contributed by atoms with van der Waals surface area (Å²) in [5, 5.41) is 27.3. The quantitative estimate of drug-likeness (QED) is 0.473. The summed E-state index contributed by atoms with van der Waals surface area (Å²) in [6.45, 7) is 4.32. The molecule has 1 fully saturated rings. The van der Waals surface area contributed by atoms with E-state index in [1.165, 1.54) is 0 Å². The Bertz CT molecular complexity index is 546. The van der Waals surface area contributed by atoms with Crippen LogP contribution in [-0.4, -0.2) is 56.4 Å². The smallest absolute Gasteiger partial charge is 0.306 e. The SMILES string of the molecule is CC(C)Nc1nc(NCCO)nc(NC2CCC(C(=O)O)CC2)n1. The summed E-state index contributed by atoms with van der Waals surface area (Å²) >= 11 is 0. The largest absolute Gasteiger partial charge is 0.481 e. The molecule has 0 radical (unpaired) electrons. The van der Waals surface area contributed by atoms with Crippen molar-refractivity contribution in [2.45, 2.75) is 51.6 Å². The molecular weight excluding hydrogens is 312 g/mol. The van der Waals surface area contributed by atoms with Crippen molar-refractivity contribution < 1.29 is 15.0 Å². The lowest BCUT2D eigenvalue weighted by molar-refractivity contribution is -0.142. The summed E-state index contributed by atoms with van der Waals surface area (Å²) in [5.41, 5.74) is 0. The van der Waals surface area contributed by atoms with Crippen molar-refractivity contribution in [3.8, 4) is 0 Å². The maximum Gasteiger partial charge on any atom is 0.306 e. The molecule has 9 nitrogen and oxygen atoms in total. The van der Waals surface area contributed by atoms with E-state index in [1.807, 2.05) is 13.8 Å². The monoisotopic (exact) mass is 338 g/mol. The summed E-state index contributed by atoms with van der Waals surface area (Å²) in [4.78, 5) is 24.0. The van der Waals surface area contributed by atoms with E-state index in [-0.39, 0.29) is 24.6 Å². The minimum atomic E-state index is -0.715. The van der Waals surface area contributed by atoms with Gasteiger partial charge in [-0.15, -0.1) is 0 Å². The normalized spacial score (nSPS) is 20.7. The Labute approximate surface area is 141 Å². The van der Waals surface area contributed by atoms with E-state index in [1.54, 1.807) is 0 Å². The zero-order valence-electron chi connectivity index (χ0n) is 14.1. The van der Waals surface area contributed by atoms with E-state index in [0.29, 0.717) is 37.2 Å². The maximum absolute atomic E-state index is 11.0. The number of aliphatic hydroxyl groups excluding tert-OH is 1. The van der Waals surface area contributed by atoms with Gasteiger partial charge in [0.25, 0.3) is 0 Å². The summed E-state index contributed by atoms with van der Waals surface area (Å²) in [5.74, 6) is 0.340. The van der Waals surface area contributed by atoms with Crippen molar-refractivity contribution in [3.63, 3.8) is 0 Å². The lowest BCUT2D eigenvalue weighted by Gasteiger charge is -2.27. The van der Waals surface area contributed by atoms with Gasteiger partial charge >= 0.3 is 5.97 Å². The fourth-order valence-electron chi connectivity index (χ4n) is 2.68. The Hall–Kier alpha value is -2.16. The number of carboxylic acid groups (broad SMARTS) is 1. The van der Waals surface area contributed by atoms with E-state index >= 15 is 0 Å². The minimum absolute atomic E-state index is 0.0133. The second-order valence-electron chi connectivity index (χ2n) is 6.29. The van der Waals surface area contributed by atoms with Gasteiger partial charge in [0, 0.05) is 18.6 Å². The molecular formula is C15H26N6O3. The summed E-state index contributed by atoms with van der Waals surface area (Å²) in [6.07, 6.45) is 2.86. The highest BCUT2D eigenvalue weighted by molar-refractivity contribution is 5.70. The van der Waals surface area contributed by atoms with Crippen molar-refractivity contribution in [1.82, 2.24) is 15.0 Å². The van der Waals surface area contributed by atoms with Crippen LogP contribution >= 0.6 is 0 Å². The predicted molar refractivity (Wildman–Crippen MR) is 91.2 cm³/mol. The molecule has 1 saturated carbocycles. The Morgan fingerprint density at radius 2 is 1.75 bits per heavy atom. The number of hydrogen-bond acceptors (Lipinski definition) is 8. The first kappa shape index (κ1) is 18.2. The van der Waals surface area contributed by atoms with Crippen LogP contribution < -0.4 is 16.0 Å². The van der Waals surface area contributed by atoms with E-state index in [0.717, 1.165) is 12.8 Å². The molecule has 1 aromatic rings. The number of nitrogens with one attached hydrogen (secondary N) is 3. The van der Waals surface area contributed by atoms with E-state index < -0.39 is 5.97 Å². The van der Waals surface area contributed by atoms with Gasteiger partial charge in [0.15, 0.2) is 0 Å². The molecule has 1 aromatic heterocycles. The fourth-order valence-corrected chi connectivity index (χ4v) is 2.68. The van der Waals surface area contributed by atoms with Crippen LogP contribution in [0.15, 0.2) is 0 Å². The molecule has 0 unspecified atom stereocenters. The number of carbonyl (C=O) groups is 1. The minimum Gasteiger partial charge on any atom is -0.481 e. The fraction of sp³-hybridized carbons (Fsp3) is 0.733. The number of carboxylic acids is 1. The topological polar surface area (TPSA) is 132 Å². The zero-order chi connectivity index (χ0) is 17.5. The van der Waals surface area contributed by atoms with Crippen LogP contribution in [0.4, 0.5) is 17.8 Å². The molecule has 0 aromatic carbocycles. The Morgan fingerprint density at radius 1 is 1.12 bits per heavy atom. The van der Waals surface area contributed by atoms with E-state index in [9.17, 15) is 4.79 Å². The van der Waals surface area contributed by atoms with Gasteiger partial charge in [-0.2, -0.15) is 15.0 Å². The molecule has 0 amide bonds. The van der Waals surface area contributed by atoms with Gasteiger partial charge in [0.1, 0.15) is 0 Å². The van der Waals surface area contributed by atoms with Crippen molar-refractivity contribution in [2.24, 2.45) is 5.92 Å². The van der Waals surface area contributed by atoms with Crippen molar-refractivity contribution in [1.29, 1.82) is 0 Å². The first-order chi connectivity index (χ1) is 11.5. The molecule has 9 heteroatoms. The molecule has 0 saturated heterocycles. The van der Waals surface area contributed by atoms with Crippen LogP contribution in [0.3, 0.4) is 0 Å². The molecule has 24 heavy (non-hydrogen) atoms. The summed E-state index contributed by atoms with van der Waals surface area (Å²) in [7, 11) is 0. The number of anilines is 3. The molecule has 5 N–H and O–H groups in total. The third-order valence-electron chi connectivity index (χ3n) is 3.86. The van der Waals surface area contributed by atoms with Gasteiger partial charge in [-0.3, -0.25) is 4.79 Å². The highest BCUT2D eigenvalue weighted by Crippen LogP contribution is 2.26. The number of nitrogens with zero attached hydrogens (tertiary/aromatic N) is 3. The first-order valence-electron chi connectivity index (χ1n) is 8.34. The van der Waals surface area contributed by atoms with Crippen LogP contribution in [0, 0.1) is 5.92 Å². The zero-order valence-corrected chi connectivity index (χ0v) is 14.1. The van der Waals surface area contributed by atoms with Crippen LogP contribution in [0.25, 0.3) is 0 Å². The first-order valence-corrected chi connectivity index (χ1v) is 8.34.